The Balaban J connectivity index is 3.15. The molecule has 0 radical (unpaired) electrons. The summed E-state index contributed by atoms with van der Waals surface area (Å²) in [6.45, 7) is 1.70. The molecule has 0 unspecified atom stereocenters. The van der Waals surface area contributed by atoms with Gasteiger partial charge >= 0.3 is 57.8 Å². The minimum atomic E-state index is -0.988. The van der Waals surface area contributed by atoms with Gasteiger partial charge in [-0.15, -0.1) is 0 Å². The van der Waals surface area contributed by atoms with Gasteiger partial charge in [0.2, 0.25) is 0 Å². The molecule has 0 aromatic carbocycles. The zero-order valence-electron chi connectivity index (χ0n) is 5.24. The van der Waals surface area contributed by atoms with E-state index in [0.717, 1.165) is 0 Å². The van der Waals surface area contributed by atoms with Gasteiger partial charge < -0.3 is 0 Å². The number of carboxylic acids is 1. The number of nitrogen functional groups attached to an aromatic ring is 1. The van der Waals surface area contributed by atoms with Gasteiger partial charge in [0.15, 0.2) is 0 Å². The predicted octanol–water partition coefficient (Wildman–Crippen LogP) is 0.305. The molecule has 0 fully saturated rings. The van der Waals surface area contributed by atoms with Gasteiger partial charge in [0.25, 0.3) is 0 Å². The molecule has 0 saturated heterocycles. The maximum absolute atomic E-state index is 10.3. The molecule has 1 heterocycles. The molecule has 1 rings (SSSR count). The molecule has 1 aromatic heterocycles. The Kier molecular flexibility index (Phi) is 1.71. The van der Waals surface area contributed by atoms with Crippen molar-refractivity contribution < 1.29 is 9.90 Å². The zero-order chi connectivity index (χ0) is 7.56. The van der Waals surface area contributed by atoms with Crippen LogP contribution in [0.2, 0.25) is 0 Å². The van der Waals surface area contributed by atoms with E-state index in [-0.39, 0.29) is 5.56 Å². The van der Waals surface area contributed by atoms with Crippen LogP contribution < -0.4 is 5.73 Å². The monoisotopic (exact) mass is 135 g/mol. The fraction of sp³-hybridized carbons (Fsp3) is 0. The Bertz CT molecular complexity index is 262. The number of carboxylic acid groups (broad SMARTS) is 1. The summed E-state index contributed by atoms with van der Waals surface area (Å²) < 4.78 is 0. The number of anilines is 1. The fourth-order valence-electron chi connectivity index (χ4n) is 0.692. The molecule has 0 amide bonds. The molecule has 0 atom stereocenters. The van der Waals surface area contributed by atoms with Gasteiger partial charge in [-0.3, -0.25) is 0 Å². The molecule has 50 valence electrons. The van der Waals surface area contributed by atoms with E-state index in [1.165, 1.54) is 6.07 Å². The van der Waals surface area contributed by atoms with E-state index in [1.54, 1.807) is 18.8 Å². The second-order valence-electron chi connectivity index (χ2n) is 1.89. The summed E-state index contributed by atoms with van der Waals surface area (Å²) in [6, 6.07) is 1.47. The van der Waals surface area contributed by atoms with Crippen LogP contribution in [0.3, 0.4) is 0 Å². The Hall–Kier alpha value is -1.32. The number of carbonyl (C=O) groups is 1. The van der Waals surface area contributed by atoms with Crippen molar-refractivity contribution in [3.8, 4) is 0 Å². The van der Waals surface area contributed by atoms with Crippen molar-refractivity contribution in [1.82, 2.24) is 0 Å². The van der Waals surface area contributed by atoms with Crippen LogP contribution in [-0.2, 0) is 0 Å². The summed E-state index contributed by atoms with van der Waals surface area (Å²) >= 11 is 0. The Morgan fingerprint density at radius 3 is 2.80 bits per heavy atom. The van der Waals surface area contributed by atoms with E-state index in [0.29, 0.717) is 5.69 Å². The van der Waals surface area contributed by atoms with Crippen molar-refractivity contribution in [1.29, 1.82) is 0 Å². The normalized spacial score (nSPS) is 8.80. The molecule has 0 aliphatic heterocycles. The zero-order valence-corrected chi connectivity index (χ0v) is 5.24. The van der Waals surface area contributed by atoms with Crippen molar-refractivity contribution >= 4 is 18.6 Å². The average molecular weight is 135 g/mol. The van der Waals surface area contributed by atoms with Crippen LogP contribution in [-0.4, -0.2) is 18.0 Å². The van der Waals surface area contributed by atoms with Gasteiger partial charge in [-0.05, 0) is 0 Å². The molecule has 1 aromatic rings. The van der Waals surface area contributed by atoms with Crippen molar-refractivity contribution in [2.75, 3.05) is 5.73 Å². The molecule has 0 bridgehead atoms. The molecule has 3 N–H and O–H groups in total. The van der Waals surface area contributed by atoms with Crippen LogP contribution in [0.25, 0.3) is 0 Å². The first-order valence-corrected chi connectivity index (χ1v) is 2.79. The van der Waals surface area contributed by atoms with Crippen molar-refractivity contribution in [2.45, 2.75) is 0 Å². The van der Waals surface area contributed by atoms with Crippen LogP contribution in [0, 0.1) is 0 Å². The van der Waals surface area contributed by atoms with Crippen molar-refractivity contribution in [3.63, 3.8) is 0 Å². The fourth-order valence-corrected chi connectivity index (χ4v) is 0.692. The summed E-state index contributed by atoms with van der Waals surface area (Å²) in [5, 5.41) is 8.49. The third-order valence-electron chi connectivity index (χ3n) is 1.19. The van der Waals surface area contributed by atoms with E-state index >= 15 is 0 Å². The van der Waals surface area contributed by atoms with Crippen LogP contribution in [0.1, 0.15) is 10.4 Å². The number of rotatable bonds is 1. The van der Waals surface area contributed by atoms with E-state index in [4.69, 9.17) is 10.8 Å². The first-order valence-electron chi connectivity index (χ1n) is 2.79. The first-order chi connectivity index (χ1) is 4.72. The van der Waals surface area contributed by atoms with Crippen LogP contribution in [0.15, 0.2) is 18.0 Å². The average Bonchev–Trinajstić information content (AvgIpc) is 1.88. The summed E-state index contributed by atoms with van der Waals surface area (Å²) in [5.41, 5.74) is 5.80. The van der Waals surface area contributed by atoms with Gasteiger partial charge in [-0.1, -0.05) is 0 Å². The van der Waals surface area contributed by atoms with E-state index in [2.05, 4.69) is 0 Å². The van der Waals surface area contributed by atoms with Crippen LogP contribution in [0.5, 0.6) is 0 Å². The third kappa shape index (κ3) is 1.15. The van der Waals surface area contributed by atoms with Gasteiger partial charge in [-0.25, -0.2) is 0 Å². The summed E-state index contributed by atoms with van der Waals surface area (Å²) in [5.74, 6) is 2.21. The molecule has 10 heavy (non-hydrogen) atoms. The quantitative estimate of drug-likeness (QED) is 0.582. The Morgan fingerprint density at radius 2 is 2.40 bits per heavy atom. The van der Waals surface area contributed by atoms with E-state index < -0.39 is 5.97 Å². The van der Waals surface area contributed by atoms with Gasteiger partial charge in [0.1, 0.15) is 0 Å². The minimum absolute atomic E-state index is 0.155. The molecule has 0 saturated carbocycles. The van der Waals surface area contributed by atoms with E-state index in [9.17, 15) is 4.79 Å². The second kappa shape index (κ2) is 2.52. The molecule has 0 aliphatic rings. The summed E-state index contributed by atoms with van der Waals surface area (Å²) in [4.78, 5) is 10.3. The Labute approximate surface area is 58.7 Å². The first kappa shape index (κ1) is 6.80. The summed E-state index contributed by atoms with van der Waals surface area (Å²) in [7, 11) is 0. The van der Waals surface area contributed by atoms with Crippen molar-refractivity contribution in [2.24, 2.45) is 0 Å². The molecule has 0 aliphatic carbocycles. The third-order valence-corrected chi connectivity index (χ3v) is 1.19. The predicted molar refractivity (Wildman–Crippen MR) is 39.2 cm³/mol. The van der Waals surface area contributed by atoms with Gasteiger partial charge in [0.05, 0.1) is 0 Å². The number of hydrogen-bond acceptors (Lipinski definition) is 2. The van der Waals surface area contributed by atoms with Gasteiger partial charge in [0, 0.05) is 0 Å². The SMILES string of the molecule is Nc1cbccc1C(=O)O. The molecule has 4 heteroatoms. The molecular weight excluding hydrogens is 129 g/mol. The second-order valence-corrected chi connectivity index (χ2v) is 1.89. The number of nitrogens with two attached hydrogens (primary N) is 1. The van der Waals surface area contributed by atoms with Crippen LogP contribution in [0.4, 0.5) is 5.69 Å². The molecule has 0 spiro atoms. The molecular formula is C6H6BNO2. The standard InChI is InChI=1S/C6H6BNO2/c8-5-3-7-2-1-4(5)6(9)10/h1-3H,8H2,(H,9,10). The van der Waals surface area contributed by atoms with Crippen molar-refractivity contribution in [3.05, 3.63) is 23.6 Å². The number of aromatic carboxylic acids is 1. The summed E-state index contributed by atoms with van der Waals surface area (Å²) in [6.07, 6.45) is 0. The van der Waals surface area contributed by atoms with Crippen LogP contribution >= 0.6 is 0 Å². The number of hydrogen-bond donors (Lipinski definition) is 2. The topological polar surface area (TPSA) is 63.3 Å². The molecule has 3 nitrogen and oxygen atoms in total. The maximum atomic E-state index is 10.3. The van der Waals surface area contributed by atoms with Gasteiger partial charge in [-0.2, -0.15) is 0 Å². The Morgan fingerprint density at radius 1 is 1.70 bits per heavy atom. The van der Waals surface area contributed by atoms with E-state index in [1.807, 2.05) is 0 Å².